The molecule has 40 heavy (non-hydrogen) atoms. The van der Waals surface area contributed by atoms with Crippen molar-refractivity contribution in [1.82, 2.24) is 20.3 Å². The van der Waals surface area contributed by atoms with Gasteiger partial charge < -0.3 is 19.9 Å². The number of fused-ring (bicyclic) bond motifs is 3. The fourth-order valence-electron chi connectivity index (χ4n) is 5.17. The lowest BCUT2D eigenvalue weighted by Crippen LogP contribution is -2.49. The summed E-state index contributed by atoms with van der Waals surface area (Å²) in [5.74, 6) is -1.06. The number of benzene rings is 1. The summed E-state index contributed by atoms with van der Waals surface area (Å²) in [5.41, 5.74) is 1.39. The number of anilines is 1. The van der Waals surface area contributed by atoms with Crippen LogP contribution in [0.2, 0.25) is 0 Å². The summed E-state index contributed by atoms with van der Waals surface area (Å²) in [6.45, 7) is 1.59. The van der Waals surface area contributed by atoms with Crippen molar-refractivity contribution in [3.05, 3.63) is 52.4 Å². The zero-order chi connectivity index (χ0) is 28.9. The van der Waals surface area contributed by atoms with Gasteiger partial charge in [-0.05, 0) is 49.4 Å². The third-order valence-electron chi connectivity index (χ3n) is 6.78. The standard InChI is InChI=1S/C25H26F3N5O6S/c1-14-10-19(32-39-14)33-22(29-20(34)13-40(2,36)37)21-18(31-33)12-24(30-23(21)35)8-6-15-11-16(4-5-17(15)24)38-9-3-7-25(26,27)28/h4-5,10-11H,3,6-9,12-13H2,1-2H3,(H,29,34)(H,30,35)/t24-/m0/s1. The van der Waals surface area contributed by atoms with Gasteiger partial charge in [-0.1, -0.05) is 11.2 Å². The number of aryl methyl sites for hydroxylation is 2. The van der Waals surface area contributed by atoms with Crippen LogP contribution < -0.4 is 15.4 Å². The Hall–Kier alpha value is -3.88. The molecular formula is C25H26F3N5O6S. The molecule has 0 fully saturated rings. The van der Waals surface area contributed by atoms with E-state index in [2.05, 4.69) is 20.9 Å². The van der Waals surface area contributed by atoms with Crippen LogP contribution in [0.1, 0.15) is 52.2 Å². The Bertz CT molecular complexity index is 1600. The summed E-state index contributed by atoms with van der Waals surface area (Å²) in [7, 11) is -3.64. The lowest BCUT2D eigenvalue weighted by Gasteiger charge is -2.35. The largest absolute Gasteiger partial charge is 0.494 e. The van der Waals surface area contributed by atoms with E-state index in [-0.39, 0.29) is 36.6 Å². The summed E-state index contributed by atoms with van der Waals surface area (Å²) in [6.07, 6.45) is -2.99. The second kappa shape index (κ2) is 9.94. The molecule has 0 bridgehead atoms. The molecule has 0 saturated carbocycles. The summed E-state index contributed by atoms with van der Waals surface area (Å²) >= 11 is 0. The number of sulfone groups is 1. The lowest BCUT2D eigenvalue weighted by molar-refractivity contribution is -0.136. The number of rotatable bonds is 8. The second-order valence-corrected chi connectivity index (χ2v) is 12.2. The molecule has 11 nitrogen and oxygen atoms in total. The van der Waals surface area contributed by atoms with Crippen LogP contribution in [-0.4, -0.2) is 60.0 Å². The van der Waals surface area contributed by atoms with E-state index in [0.717, 1.165) is 17.4 Å². The van der Waals surface area contributed by atoms with E-state index in [1.807, 2.05) is 0 Å². The number of carbonyl (C=O) groups is 2. The molecule has 1 aliphatic heterocycles. The molecule has 0 radical (unpaired) electrons. The second-order valence-electron chi connectivity index (χ2n) is 10.1. The van der Waals surface area contributed by atoms with Gasteiger partial charge in [0.15, 0.2) is 21.5 Å². The summed E-state index contributed by atoms with van der Waals surface area (Å²) in [4.78, 5) is 26.0. The van der Waals surface area contributed by atoms with Crippen LogP contribution in [0, 0.1) is 6.92 Å². The highest BCUT2D eigenvalue weighted by Gasteiger charge is 2.47. The first kappa shape index (κ1) is 27.7. The molecule has 0 unspecified atom stereocenters. The Morgan fingerprint density at radius 3 is 2.75 bits per heavy atom. The number of carbonyl (C=O) groups excluding carboxylic acids is 2. The number of nitrogens with zero attached hydrogens (tertiary/aromatic N) is 3. The van der Waals surface area contributed by atoms with Crippen molar-refractivity contribution in [2.45, 2.75) is 50.7 Å². The quantitative estimate of drug-likeness (QED) is 0.386. The van der Waals surface area contributed by atoms with Crippen LogP contribution in [0.15, 0.2) is 28.8 Å². The fraction of sp³-hybridized carbons (Fsp3) is 0.440. The van der Waals surface area contributed by atoms with Crippen LogP contribution in [0.25, 0.3) is 5.82 Å². The van der Waals surface area contributed by atoms with Gasteiger partial charge in [0, 0.05) is 25.2 Å². The average Bonchev–Trinajstić information content (AvgIpc) is 3.51. The molecule has 2 amide bonds. The van der Waals surface area contributed by atoms with Gasteiger partial charge in [-0.15, -0.1) is 0 Å². The van der Waals surface area contributed by atoms with Gasteiger partial charge in [0.25, 0.3) is 5.91 Å². The maximum Gasteiger partial charge on any atom is 0.389 e. The van der Waals surface area contributed by atoms with Crippen LogP contribution in [-0.2, 0) is 33.0 Å². The summed E-state index contributed by atoms with van der Waals surface area (Å²) in [6, 6.07) is 6.78. The first-order chi connectivity index (χ1) is 18.7. The molecule has 1 spiro atoms. The summed E-state index contributed by atoms with van der Waals surface area (Å²) < 4.78 is 72.4. The Morgan fingerprint density at radius 1 is 1.30 bits per heavy atom. The normalized spacial score (nSPS) is 18.4. The Kier molecular flexibility index (Phi) is 6.88. The molecule has 2 N–H and O–H groups in total. The maximum absolute atomic E-state index is 13.5. The minimum absolute atomic E-state index is 0.0230. The van der Waals surface area contributed by atoms with E-state index < -0.39 is 45.5 Å². The molecule has 2 aromatic heterocycles. The van der Waals surface area contributed by atoms with E-state index in [1.165, 1.54) is 4.68 Å². The first-order valence-electron chi connectivity index (χ1n) is 12.4. The minimum atomic E-state index is -4.23. The average molecular weight is 582 g/mol. The number of hydrogen-bond donors (Lipinski definition) is 2. The molecule has 1 aromatic carbocycles. The topological polar surface area (TPSA) is 145 Å². The molecule has 0 saturated heterocycles. The van der Waals surface area contributed by atoms with E-state index >= 15 is 0 Å². The van der Waals surface area contributed by atoms with E-state index in [4.69, 9.17) is 9.26 Å². The fourth-order valence-corrected chi connectivity index (χ4v) is 5.72. The molecular weight excluding hydrogens is 555 g/mol. The van der Waals surface area contributed by atoms with E-state index in [0.29, 0.717) is 30.0 Å². The number of aromatic nitrogens is 3. The number of halogens is 3. The third kappa shape index (κ3) is 5.69. The van der Waals surface area contributed by atoms with Gasteiger partial charge in [0.1, 0.15) is 22.8 Å². The number of alkyl halides is 3. The molecule has 1 atom stereocenters. The van der Waals surface area contributed by atoms with Crippen molar-refractivity contribution in [1.29, 1.82) is 0 Å². The predicted molar refractivity (Wildman–Crippen MR) is 135 cm³/mol. The van der Waals surface area contributed by atoms with E-state index in [1.54, 1.807) is 31.2 Å². The minimum Gasteiger partial charge on any atom is -0.494 e. The van der Waals surface area contributed by atoms with Crippen molar-refractivity contribution < 1.29 is 40.4 Å². The van der Waals surface area contributed by atoms with Crippen molar-refractivity contribution in [3.8, 4) is 11.6 Å². The van der Waals surface area contributed by atoms with Crippen LogP contribution in [0.4, 0.5) is 19.0 Å². The molecule has 2 aliphatic rings. The van der Waals surface area contributed by atoms with Crippen molar-refractivity contribution >= 4 is 27.5 Å². The van der Waals surface area contributed by atoms with Gasteiger partial charge in [-0.2, -0.15) is 23.0 Å². The monoisotopic (exact) mass is 581 g/mol. The highest BCUT2D eigenvalue weighted by atomic mass is 32.2. The van der Waals surface area contributed by atoms with Crippen LogP contribution in [0.5, 0.6) is 5.75 Å². The lowest BCUT2D eigenvalue weighted by atomic mass is 9.82. The number of nitrogens with one attached hydrogen (secondary N) is 2. The number of amides is 2. The van der Waals surface area contributed by atoms with Crippen molar-refractivity contribution in [2.75, 3.05) is 23.9 Å². The van der Waals surface area contributed by atoms with Gasteiger partial charge in [0.05, 0.1) is 17.8 Å². The van der Waals surface area contributed by atoms with Gasteiger partial charge in [-0.25, -0.2) is 8.42 Å². The van der Waals surface area contributed by atoms with Gasteiger partial charge in [0.2, 0.25) is 5.91 Å². The third-order valence-corrected chi connectivity index (χ3v) is 7.56. The van der Waals surface area contributed by atoms with Crippen LogP contribution in [0.3, 0.4) is 0 Å². The smallest absolute Gasteiger partial charge is 0.389 e. The van der Waals surface area contributed by atoms with Gasteiger partial charge >= 0.3 is 6.18 Å². The molecule has 15 heteroatoms. The van der Waals surface area contributed by atoms with Crippen LogP contribution >= 0.6 is 0 Å². The highest BCUT2D eigenvalue weighted by molar-refractivity contribution is 7.91. The maximum atomic E-state index is 13.5. The van der Waals surface area contributed by atoms with E-state index in [9.17, 15) is 31.2 Å². The molecule has 5 rings (SSSR count). The zero-order valence-electron chi connectivity index (χ0n) is 21.6. The molecule has 214 valence electrons. The highest BCUT2D eigenvalue weighted by Crippen LogP contribution is 2.44. The first-order valence-corrected chi connectivity index (χ1v) is 14.5. The molecule has 3 aromatic rings. The number of ether oxygens (including phenoxy) is 1. The van der Waals surface area contributed by atoms with Crippen molar-refractivity contribution in [2.24, 2.45) is 0 Å². The van der Waals surface area contributed by atoms with Crippen molar-refractivity contribution in [3.63, 3.8) is 0 Å². The van der Waals surface area contributed by atoms with Gasteiger partial charge in [-0.3, -0.25) is 9.59 Å². The number of hydrogen-bond acceptors (Lipinski definition) is 8. The SMILES string of the molecule is Cc1cc(-n2nc3c(c2NC(=O)CS(C)(=O)=O)C(=O)N[C@@]2(CCc4cc(OCCCC(F)(F)F)ccc42)C3)no1. The Balaban J connectivity index is 1.43. The zero-order valence-corrected chi connectivity index (χ0v) is 22.4. The predicted octanol–water partition coefficient (Wildman–Crippen LogP) is 3.00. The Morgan fingerprint density at radius 2 is 2.08 bits per heavy atom. The Labute approximate surface area is 227 Å². The summed E-state index contributed by atoms with van der Waals surface area (Å²) in [5, 5.41) is 14.0. The molecule has 3 heterocycles. The molecule has 1 aliphatic carbocycles.